The van der Waals surface area contributed by atoms with Crippen LogP contribution < -0.4 is 5.32 Å². The summed E-state index contributed by atoms with van der Waals surface area (Å²) in [6.45, 7) is 3.22. The lowest BCUT2D eigenvalue weighted by molar-refractivity contribution is 0.330. The molecule has 21 heavy (non-hydrogen) atoms. The maximum absolute atomic E-state index is 6.01. The number of hydrogen-bond acceptors (Lipinski definition) is 4. The topological polar surface area (TPSA) is 51.0 Å². The molecule has 1 aromatic heterocycles. The molecule has 0 bridgehead atoms. The van der Waals surface area contributed by atoms with Crippen molar-refractivity contribution in [2.45, 2.75) is 44.6 Å². The number of rotatable bonds is 5. The van der Waals surface area contributed by atoms with Crippen LogP contribution in [0.2, 0.25) is 5.02 Å². The molecule has 0 radical (unpaired) electrons. The van der Waals surface area contributed by atoms with Gasteiger partial charge in [-0.1, -0.05) is 42.2 Å². The monoisotopic (exact) mass is 305 g/mol. The van der Waals surface area contributed by atoms with Gasteiger partial charge in [-0.3, -0.25) is 0 Å². The first-order valence-corrected chi connectivity index (χ1v) is 7.98. The zero-order chi connectivity index (χ0) is 14.7. The summed E-state index contributed by atoms with van der Waals surface area (Å²) in [4.78, 5) is 4.59. The Morgan fingerprint density at radius 1 is 1.38 bits per heavy atom. The lowest BCUT2D eigenvalue weighted by Gasteiger charge is -2.17. The summed E-state index contributed by atoms with van der Waals surface area (Å²) >= 11 is 6.01. The number of nitrogens with one attached hydrogen (secondary N) is 1. The van der Waals surface area contributed by atoms with Gasteiger partial charge in [0.15, 0.2) is 0 Å². The summed E-state index contributed by atoms with van der Waals surface area (Å²) in [6, 6.07) is 8.00. The van der Waals surface area contributed by atoms with Crippen molar-refractivity contribution < 1.29 is 4.52 Å². The zero-order valence-corrected chi connectivity index (χ0v) is 12.9. The van der Waals surface area contributed by atoms with Crippen LogP contribution in [0.15, 0.2) is 28.8 Å². The van der Waals surface area contributed by atoms with E-state index in [0.29, 0.717) is 22.8 Å². The van der Waals surface area contributed by atoms with E-state index in [0.717, 1.165) is 30.8 Å². The first kappa shape index (κ1) is 14.5. The average Bonchev–Trinajstić information content (AvgIpc) is 3.13. The van der Waals surface area contributed by atoms with Crippen LogP contribution in [0.25, 0.3) is 11.4 Å². The summed E-state index contributed by atoms with van der Waals surface area (Å²) in [6.07, 6.45) is 4.64. The van der Waals surface area contributed by atoms with E-state index in [1.807, 2.05) is 24.3 Å². The molecule has 112 valence electrons. The number of hydrogen-bond donors (Lipinski definition) is 1. The molecule has 1 N–H and O–H groups in total. The molecule has 1 saturated carbocycles. The minimum absolute atomic E-state index is 0.331. The van der Waals surface area contributed by atoms with Crippen LogP contribution >= 0.6 is 11.6 Å². The van der Waals surface area contributed by atoms with Crippen molar-refractivity contribution in [3.8, 4) is 11.4 Å². The highest BCUT2D eigenvalue weighted by atomic mass is 35.5. The fourth-order valence-electron chi connectivity index (χ4n) is 2.96. The first-order chi connectivity index (χ1) is 10.3. The number of aromatic nitrogens is 2. The van der Waals surface area contributed by atoms with E-state index in [2.05, 4.69) is 22.4 Å². The van der Waals surface area contributed by atoms with Crippen molar-refractivity contribution in [1.29, 1.82) is 0 Å². The summed E-state index contributed by atoms with van der Waals surface area (Å²) < 4.78 is 5.51. The van der Waals surface area contributed by atoms with Crippen molar-refractivity contribution in [1.82, 2.24) is 15.5 Å². The van der Waals surface area contributed by atoms with E-state index in [-0.39, 0.29) is 0 Å². The van der Waals surface area contributed by atoms with Crippen molar-refractivity contribution in [2.75, 3.05) is 6.54 Å². The standard InChI is InChI=1S/C16H20ClN3O/c1-2-9-18-14-8-4-7-13(14)16-19-15(20-21-16)11-5-3-6-12(17)10-11/h3,5-6,10,13-14,18H,2,4,7-9H2,1H3. The molecule has 3 rings (SSSR count). The Hall–Kier alpha value is -1.39. The fourth-order valence-corrected chi connectivity index (χ4v) is 3.15. The second-order valence-electron chi connectivity index (χ2n) is 5.56. The van der Waals surface area contributed by atoms with Crippen molar-refractivity contribution in [2.24, 2.45) is 0 Å². The molecule has 0 amide bonds. The normalized spacial score (nSPS) is 21.8. The van der Waals surface area contributed by atoms with E-state index >= 15 is 0 Å². The molecule has 0 saturated heterocycles. The van der Waals surface area contributed by atoms with E-state index in [1.54, 1.807) is 0 Å². The van der Waals surface area contributed by atoms with E-state index in [1.165, 1.54) is 12.8 Å². The Morgan fingerprint density at radius 2 is 2.29 bits per heavy atom. The minimum Gasteiger partial charge on any atom is -0.339 e. The van der Waals surface area contributed by atoms with Crippen LogP contribution in [0.5, 0.6) is 0 Å². The molecule has 1 aliphatic carbocycles. The molecule has 2 unspecified atom stereocenters. The minimum atomic E-state index is 0.331. The van der Waals surface area contributed by atoms with E-state index in [9.17, 15) is 0 Å². The molecule has 1 heterocycles. The SMILES string of the molecule is CCCNC1CCCC1c1nc(-c2cccc(Cl)c2)no1. The maximum atomic E-state index is 6.01. The summed E-state index contributed by atoms with van der Waals surface area (Å²) in [7, 11) is 0. The number of nitrogens with zero attached hydrogens (tertiary/aromatic N) is 2. The van der Waals surface area contributed by atoms with Gasteiger partial charge in [0, 0.05) is 16.6 Å². The second-order valence-corrected chi connectivity index (χ2v) is 6.00. The third kappa shape index (κ3) is 3.27. The van der Waals surface area contributed by atoms with Crippen LogP contribution in [0.1, 0.15) is 44.4 Å². The highest BCUT2D eigenvalue weighted by Gasteiger charge is 2.32. The third-order valence-corrected chi connectivity index (χ3v) is 4.25. The Labute approximate surface area is 129 Å². The number of benzene rings is 1. The van der Waals surface area contributed by atoms with Gasteiger partial charge in [-0.2, -0.15) is 4.98 Å². The maximum Gasteiger partial charge on any atom is 0.231 e. The van der Waals surface area contributed by atoms with E-state index in [4.69, 9.17) is 16.1 Å². The molecular weight excluding hydrogens is 286 g/mol. The molecule has 0 spiro atoms. The van der Waals surface area contributed by atoms with Gasteiger partial charge in [-0.25, -0.2) is 0 Å². The fraction of sp³-hybridized carbons (Fsp3) is 0.500. The van der Waals surface area contributed by atoms with Gasteiger partial charge in [-0.15, -0.1) is 0 Å². The van der Waals surface area contributed by atoms with Gasteiger partial charge < -0.3 is 9.84 Å². The molecule has 5 heteroatoms. The Morgan fingerprint density at radius 3 is 3.10 bits per heavy atom. The van der Waals surface area contributed by atoms with Gasteiger partial charge in [0.1, 0.15) is 0 Å². The predicted octanol–water partition coefficient (Wildman–Crippen LogP) is 4.03. The van der Waals surface area contributed by atoms with Crippen LogP contribution in [0.3, 0.4) is 0 Å². The first-order valence-electron chi connectivity index (χ1n) is 7.61. The van der Waals surface area contributed by atoms with Crippen molar-refractivity contribution >= 4 is 11.6 Å². The zero-order valence-electron chi connectivity index (χ0n) is 12.2. The van der Waals surface area contributed by atoms with Gasteiger partial charge in [-0.05, 0) is 37.9 Å². The molecule has 2 atom stereocenters. The van der Waals surface area contributed by atoms with Gasteiger partial charge in [0.2, 0.25) is 11.7 Å². The molecule has 0 aliphatic heterocycles. The summed E-state index contributed by atoms with van der Waals surface area (Å²) in [5.41, 5.74) is 0.897. The van der Waals surface area contributed by atoms with Gasteiger partial charge in [0.05, 0.1) is 5.92 Å². The van der Waals surface area contributed by atoms with Crippen molar-refractivity contribution in [3.05, 3.63) is 35.2 Å². The van der Waals surface area contributed by atoms with Crippen molar-refractivity contribution in [3.63, 3.8) is 0 Å². The molecule has 4 nitrogen and oxygen atoms in total. The Bertz CT molecular complexity index is 599. The molecule has 1 fully saturated rings. The predicted molar refractivity (Wildman–Crippen MR) is 83.4 cm³/mol. The van der Waals surface area contributed by atoms with Gasteiger partial charge >= 0.3 is 0 Å². The molecular formula is C16H20ClN3O. The largest absolute Gasteiger partial charge is 0.339 e. The highest BCUT2D eigenvalue weighted by molar-refractivity contribution is 6.30. The second kappa shape index (κ2) is 6.58. The van der Waals surface area contributed by atoms with E-state index < -0.39 is 0 Å². The lowest BCUT2D eigenvalue weighted by Crippen LogP contribution is -2.31. The Balaban J connectivity index is 1.78. The van der Waals surface area contributed by atoms with Crippen LogP contribution in [-0.2, 0) is 0 Å². The lowest BCUT2D eigenvalue weighted by atomic mass is 10.0. The Kier molecular flexibility index (Phi) is 4.56. The van der Waals surface area contributed by atoms with Gasteiger partial charge in [0.25, 0.3) is 0 Å². The number of halogens is 1. The molecule has 2 aromatic rings. The average molecular weight is 306 g/mol. The van der Waals surface area contributed by atoms with Crippen LogP contribution in [0.4, 0.5) is 0 Å². The summed E-state index contributed by atoms with van der Waals surface area (Å²) in [5.74, 6) is 1.70. The molecule has 1 aromatic carbocycles. The van der Waals surface area contributed by atoms with Crippen LogP contribution in [0, 0.1) is 0 Å². The molecule has 1 aliphatic rings. The third-order valence-electron chi connectivity index (χ3n) is 4.01. The summed E-state index contributed by atoms with van der Waals surface area (Å²) in [5, 5.41) is 8.39. The highest BCUT2D eigenvalue weighted by Crippen LogP contribution is 2.34. The van der Waals surface area contributed by atoms with Crippen LogP contribution in [-0.4, -0.2) is 22.7 Å². The quantitative estimate of drug-likeness (QED) is 0.906. The smallest absolute Gasteiger partial charge is 0.231 e.